The maximum atomic E-state index is 14.8. The highest BCUT2D eigenvalue weighted by molar-refractivity contribution is 5.92. The predicted octanol–water partition coefficient (Wildman–Crippen LogP) is 5.05. The number of hydrogen-bond donors (Lipinski definition) is 1. The van der Waals surface area contributed by atoms with Gasteiger partial charge in [0.1, 0.15) is 23.9 Å². The molecule has 0 heterocycles. The van der Waals surface area contributed by atoms with Gasteiger partial charge in [-0.1, -0.05) is 42.5 Å². The van der Waals surface area contributed by atoms with Gasteiger partial charge in [0, 0.05) is 17.6 Å². The molecule has 1 N–H and O–H groups in total. The van der Waals surface area contributed by atoms with Gasteiger partial charge in [0.15, 0.2) is 0 Å². The summed E-state index contributed by atoms with van der Waals surface area (Å²) < 4.78 is 30.8. The lowest BCUT2D eigenvalue weighted by molar-refractivity contribution is -0.138. The summed E-state index contributed by atoms with van der Waals surface area (Å²) >= 11 is 0. The van der Waals surface area contributed by atoms with Gasteiger partial charge in [0.05, 0.1) is 18.8 Å². The number of aliphatic hydroxyl groups excluding tert-OH is 1. The molecule has 0 saturated carbocycles. The zero-order valence-electron chi connectivity index (χ0n) is 19.7. The summed E-state index contributed by atoms with van der Waals surface area (Å²) in [6.07, 6.45) is 0.269. The van der Waals surface area contributed by atoms with E-state index in [0.29, 0.717) is 16.9 Å². The lowest BCUT2D eigenvalue weighted by Gasteiger charge is -2.13. The lowest BCUT2D eigenvalue weighted by Crippen LogP contribution is -2.12. The van der Waals surface area contributed by atoms with Crippen molar-refractivity contribution in [2.24, 2.45) is 0 Å². The summed E-state index contributed by atoms with van der Waals surface area (Å²) in [6, 6.07) is 16.6. The van der Waals surface area contributed by atoms with Gasteiger partial charge in [0.2, 0.25) is 0 Å². The fourth-order valence-electron chi connectivity index (χ4n) is 3.26. The van der Waals surface area contributed by atoms with Crippen LogP contribution in [0, 0.1) is 12.7 Å². The Balaban J connectivity index is 1.75. The van der Waals surface area contributed by atoms with Gasteiger partial charge in [-0.05, 0) is 55.3 Å². The van der Waals surface area contributed by atoms with E-state index in [1.165, 1.54) is 18.2 Å². The van der Waals surface area contributed by atoms with Crippen molar-refractivity contribution in [1.82, 2.24) is 0 Å². The summed E-state index contributed by atoms with van der Waals surface area (Å²) in [7, 11) is 0. The van der Waals surface area contributed by atoms with Crippen LogP contribution in [0.4, 0.5) is 4.39 Å². The summed E-state index contributed by atoms with van der Waals surface area (Å²) in [6.45, 7) is 6.98. The van der Waals surface area contributed by atoms with Gasteiger partial charge in [-0.15, -0.1) is 0 Å². The Morgan fingerprint density at radius 1 is 0.971 bits per heavy atom. The first-order valence-corrected chi connectivity index (χ1v) is 11.1. The molecule has 35 heavy (non-hydrogen) atoms. The second-order valence-corrected chi connectivity index (χ2v) is 7.96. The molecule has 0 aromatic heterocycles. The number of ether oxygens (including phenoxy) is 3. The quantitative estimate of drug-likeness (QED) is 0.249. The average Bonchev–Trinajstić information content (AvgIpc) is 2.83. The fraction of sp³-hybridized carbons (Fsp3) is 0.214. The van der Waals surface area contributed by atoms with Crippen molar-refractivity contribution in [3.63, 3.8) is 0 Å². The second kappa shape index (κ2) is 11.9. The number of benzene rings is 3. The van der Waals surface area contributed by atoms with Crippen LogP contribution in [0.5, 0.6) is 11.5 Å². The SMILES string of the molecule is C=C(C)C(=O)OCCc1cc(OC(=O)c2ccc(-c3ccc(C)cc3)cc2F)ccc1OCCO. The highest BCUT2D eigenvalue weighted by atomic mass is 19.1. The largest absolute Gasteiger partial charge is 0.491 e. The molecule has 6 nitrogen and oxygen atoms in total. The number of esters is 2. The molecule has 0 fully saturated rings. The van der Waals surface area contributed by atoms with Crippen molar-refractivity contribution in [1.29, 1.82) is 0 Å². The molecule has 0 aliphatic rings. The molecule has 3 rings (SSSR count). The number of carbonyl (C=O) groups is 2. The van der Waals surface area contributed by atoms with Gasteiger partial charge in [-0.3, -0.25) is 0 Å². The maximum absolute atomic E-state index is 14.8. The molecule has 0 aliphatic carbocycles. The average molecular weight is 479 g/mol. The minimum absolute atomic E-state index is 0.0493. The van der Waals surface area contributed by atoms with Crippen LogP contribution in [0.3, 0.4) is 0 Å². The third-order valence-electron chi connectivity index (χ3n) is 5.12. The monoisotopic (exact) mass is 478 g/mol. The maximum Gasteiger partial charge on any atom is 0.346 e. The summed E-state index contributed by atoms with van der Waals surface area (Å²) in [5.41, 5.74) is 3.25. The van der Waals surface area contributed by atoms with E-state index in [9.17, 15) is 14.0 Å². The highest BCUT2D eigenvalue weighted by Crippen LogP contribution is 2.27. The second-order valence-electron chi connectivity index (χ2n) is 7.96. The number of hydrogen-bond acceptors (Lipinski definition) is 6. The molecule has 182 valence electrons. The first-order valence-electron chi connectivity index (χ1n) is 11.1. The van der Waals surface area contributed by atoms with Gasteiger partial charge >= 0.3 is 11.9 Å². The van der Waals surface area contributed by atoms with E-state index < -0.39 is 17.8 Å². The predicted molar refractivity (Wildman–Crippen MR) is 130 cm³/mol. The normalized spacial score (nSPS) is 10.5. The molecular weight excluding hydrogens is 451 g/mol. The number of carbonyl (C=O) groups excluding carboxylic acids is 2. The van der Waals surface area contributed by atoms with Crippen LogP contribution in [0.15, 0.2) is 72.8 Å². The van der Waals surface area contributed by atoms with E-state index in [-0.39, 0.29) is 43.1 Å². The van der Waals surface area contributed by atoms with Crippen molar-refractivity contribution >= 4 is 11.9 Å². The van der Waals surface area contributed by atoms with Crippen molar-refractivity contribution in [2.75, 3.05) is 19.8 Å². The number of aryl methyl sites for hydroxylation is 1. The topological polar surface area (TPSA) is 82.1 Å². The Kier molecular flexibility index (Phi) is 8.75. The molecule has 0 aliphatic heterocycles. The first kappa shape index (κ1) is 25.6. The Morgan fingerprint density at radius 3 is 2.34 bits per heavy atom. The standard InChI is InChI=1S/C28H27FO6/c1-18(2)27(31)34-14-12-22-16-23(9-11-26(22)33-15-13-30)35-28(32)24-10-8-21(17-25(24)29)20-6-4-19(3)5-7-20/h4-11,16-17,30H,1,12-15H2,2-3H3. The molecule has 0 saturated heterocycles. The van der Waals surface area contributed by atoms with Crippen LogP contribution < -0.4 is 9.47 Å². The van der Waals surface area contributed by atoms with Gasteiger partial charge in [-0.25, -0.2) is 14.0 Å². The molecule has 7 heteroatoms. The Morgan fingerprint density at radius 2 is 1.69 bits per heavy atom. The van der Waals surface area contributed by atoms with Crippen LogP contribution in [0.2, 0.25) is 0 Å². The third-order valence-corrected chi connectivity index (χ3v) is 5.12. The van der Waals surface area contributed by atoms with Crippen molar-refractivity contribution in [3.05, 3.63) is 95.3 Å². The number of aliphatic hydroxyl groups is 1. The van der Waals surface area contributed by atoms with Crippen molar-refractivity contribution in [2.45, 2.75) is 20.3 Å². The molecule has 0 unspecified atom stereocenters. The minimum atomic E-state index is -0.846. The molecule has 0 spiro atoms. The molecule has 0 bridgehead atoms. The zero-order chi connectivity index (χ0) is 25.4. The van der Waals surface area contributed by atoms with Crippen LogP contribution in [-0.2, 0) is 16.0 Å². The van der Waals surface area contributed by atoms with Crippen LogP contribution in [0.1, 0.15) is 28.4 Å². The molecule has 0 amide bonds. The van der Waals surface area contributed by atoms with E-state index in [4.69, 9.17) is 19.3 Å². The van der Waals surface area contributed by atoms with Crippen LogP contribution in [0.25, 0.3) is 11.1 Å². The minimum Gasteiger partial charge on any atom is -0.491 e. The molecule has 3 aromatic rings. The van der Waals surface area contributed by atoms with E-state index in [0.717, 1.165) is 11.1 Å². The number of halogens is 1. The van der Waals surface area contributed by atoms with Crippen LogP contribution in [-0.4, -0.2) is 36.9 Å². The Bertz CT molecular complexity index is 1220. The van der Waals surface area contributed by atoms with Crippen molar-refractivity contribution < 1.29 is 33.3 Å². The van der Waals surface area contributed by atoms with E-state index in [2.05, 4.69) is 6.58 Å². The third kappa shape index (κ3) is 7.01. The van der Waals surface area contributed by atoms with Crippen LogP contribution >= 0.6 is 0 Å². The highest BCUT2D eigenvalue weighted by Gasteiger charge is 2.17. The summed E-state index contributed by atoms with van der Waals surface area (Å²) in [5.74, 6) is -1.44. The first-order chi connectivity index (χ1) is 16.8. The Labute approximate surface area is 203 Å². The van der Waals surface area contributed by atoms with E-state index in [1.54, 1.807) is 25.1 Å². The summed E-state index contributed by atoms with van der Waals surface area (Å²) in [4.78, 5) is 24.3. The fourth-order valence-corrected chi connectivity index (χ4v) is 3.26. The van der Waals surface area contributed by atoms with Gasteiger partial charge < -0.3 is 19.3 Å². The van der Waals surface area contributed by atoms with Gasteiger partial charge in [-0.2, -0.15) is 0 Å². The van der Waals surface area contributed by atoms with Crippen molar-refractivity contribution in [3.8, 4) is 22.6 Å². The molecular formula is C28H27FO6. The van der Waals surface area contributed by atoms with E-state index >= 15 is 0 Å². The smallest absolute Gasteiger partial charge is 0.346 e. The van der Waals surface area contributed by atoms with E-state index in [1.807, 2.05) is 31.2 Å². The molecule has 0 radical (unpaired) electrons. The zero-order valence-corrected chi connectivity index (χ0v) is 19.7. The Hall–Kier alpha value is -3.97. The number of rotatable bonds is 10. The van der Waals surface area contributed by atoms with Gasteiger partial charge in [0.25, 0.3) is 0 Å². The summed E-state index contributed by atoms with van der Waals surface area (Å²) in [5, 5.41) is 9.05. The molecule has 3 aromatic carbocycles. The molecule has 0 atom stereocenters. The lowest BCUT2D eigenvalue weighted by atomic mass is 10.0.